The molecule has 6 nitrogen and oxygen atoms in total. The van der Waals surface area contributed by atoms with Gasteiger partial charge in [0.1, 0.15) is 0 Å². The molecule has 1 aliphatic rings. The third-order valence-electron chi connectivity index (χ3n) is 2.16. The van der Waals surface area contributed by atoms with Crippen molar-refractivity contribution >= 4 is 23.8 Å². The topological polar surface area (TPSA) is 78.7 Å². The molecular weight excluding hydrogens is 216 g/mol. The second kappa shape index (κ2) is 5.22. The number of rotatable bonds is 4. The molecule has 4 amide bonds. The maximum atomic E-state index is 11.7. The lowest BCUT2D eigenvalue weighted by Crippen LogP contribution is -2.66. The average Bonchev–Trinajstić information content (AvgIpc) is 2.23. The summed E-state index contributed by atoms with van der Waals surface area (Å²) >= 11 is 1.31. The summed E-state index contributed by atoms with van der Waals surface area (Å²) in [4.78, 5) is 24.3. The Morgan fingerprint density at radius 1 is 1.53 bits per heavy atom. The summed E-state index contributed by atoms with van der Waals surface area (Å²) in [6, 6.07) is -0.805. The van der Waals surface area contributed by atoms with Crippen LogP contribution in [0, 0.1) is 0 Å². The highest BCUT2D eigenvalue weighted by atomic mass is 32.2. The maximum Gasteiger partial charge on any atom is 0.344 e. The lowest BCUT2D eigenvalue weighted by atomic mass is 10.3. The van der Waals surface area contributed by atoms with Gasteiger partial charge in [-0.25, -0.2) is 25.3 Å². The minimum atomic E-state index is -0.470. The van der Waals surface area contributed by atoms with Gasteiger partial charge in [0, 0.05) is 6.54 Å². The van der Waals surface area contributed by atoms with E-state index >= 15 is 0 Å². The summed E-state index contributed by atoms with van der Waals surface area (Å²) < 4.78 is 0. The van der Waals surface area contributed by atoms with Crippen LogP contribution in [0.2, 0.25) is 0 Å². The van der Waals surface area contributed by atoms with E-state index in [4.69, 9.17) is 5.84 Å². The van der Waals surface area contributed by atoms with Crippen LogP contribution in [-0.4, -0.2) is 40.3 Å². The highest BCUT2D eigenvalue weighted by Gasteiger charge is 2.35. The van der Waals surface area contributed by atoms with Crippen LogP contribution in [0.1, 0.15) is 19.8 Å². The van der Waals surface area contributed by atoms with Crippen molar-refractivity contribution in [3.05, 3.63) is 0 Å². The molecule has 15 heavy (non-hydrogen) atoms. The van der Waals surface area contributed by atoms with Gasteiger partial charge in [-0.05, 0) is 12.7 Å². The van der Waals surface area contributed by atoms with Gasteiger partial charge in [0.25, 0.3) is 0 Å². The van der Waals surface area contributed by atoms with E-state index in [0.717, 1.165) is 22.8 Å². The van der Waals surface area contributed by atoms with Crippen LogP contribution in [0.4, 0.5) is 9.59 Å². The predicted octanol–water partition coefficient (Wildman–Crippen LogP) is 0.754. The van der Waals surface area contributed by atoms with E-state index in [-0.39, 0.29) is 6.03 Å². The van der Waals surface area contributed by atoms with Crippen molar-refractivity contribution in [3.63, 3.8) is 0 Å². The van der Waals surface area contributed by atoms with E-state index < -0.39 is 11.5 Å². The predicted molar refractivity (Wildman–Crippen MR) is 58.9 cm³/mol. The van der Waals surface area contributed by atoms with Crippen LogP contribution in [0.5, 0.6) is 0 Å². The summed E-state index contributed by atoms with van der Waals surface area (Å²) in [6.45, 7) is 2.41. The molecule has 0 aromatic rings. The molecule has 0 spiro atoms. The van der Waals surface area contributed by atoms with Crippen LogP contribution in [0.25, 0.3) is 0 Å². The molecule has 3 N–H and O–H groups in total. The zero-order chi connectivity index (χ0) is 11.4. The fourth-order valence-corrected chi connectivity index (χ4v) is 1.80. The average molecular weight is 232 g/mol. The zero-order valence-electron chi connectivity index (χ0n) is 8.90. The van der Waals surface area contributed by atoms with E-state index in [0.29, 0.717) is 6.54 Å². The number of nitrogens with zero attached hydrogens (tertiary/aromatic N) is 2. The number of unbranched alkanes of at least 4 members (excludes halogenated alkanes) is 1. The Morgan fingerprint density at radius 3 is 2.73 bits per heavy atom. The van der Waals surface area contributed by atoms with Crippen LogP contribution >= 0.6 is 11.8 Å². The Hall–Kier alpha value is -0.950. The Kier molecular flexibility index (Phi) is 4.22. The van der Waals surface area contributed by atoms with E-state index in [9.17, 15) is 9.59 Å². The zero-order valence-corrected chi connectivity index (χ0v) is 9.71. The highest BCUT2D eigenvalue weighted by molar-refractivity contribution is 7.99. The van der Waals surface area contributed by atoms with Gasteiger partial charge in [-0.3, -0.25) is 0 Å². The molecule has 7 heteroatoms. The molecule has 0 bridgehead atoms. The summed E-state index contributed by atoms with van der Waals surface area (Å²) in [6.07, 6.45) is 3.49. The quantitative estimate of drug-likeness (QED) is 0.554. The first kappa shape index (κ1) is 12.1. The van der Waals surface area contributed by atoms with Crippen molar-refractivity contribution in [1.29, 1.82) is 0 Å². The number of hydrogen-bond acceptors (Lipinski definition) is 4. The van der Waals surface area contributed by atoms with E-state index in [1.807, 2.05) is 6.92 Å². The maximum absolute atomic E-state index is 11.7. The van der Waals surface area contributed by atoms with Crippen LogP contribution in [0.3, 0.4) is 0 Å². The summed E-state index contributed by atoms with van der Waals surface area (Å²) in [5, 5.41) is 3.68. The SMILES string of the molecule is CCCCN1C(=O)NC(SC)N(N)C1=O. The van der Waals surface area contributed by atoms with E-state index in [2.05, 4.69) is 5.32 Å². The molecule has 0 aromatic carbocycles. The molecule has 0 saturated carbocycles. The molecule has 1 heterocycles. The number of amides is 4. The molecule has 1 atom stereocenters. The fourth-order valence-electron chi connectivity index (χ4n) is 1.27. The Morgan fingerprint density at radius 2 is 2.20 bits per heavy atom. The first-order chi connectivity index (χ1) is 7.11. The van der Waals surface area contributed by atoms with Crippen molar-refractivity contribution in [2.45, 2.75) is 25.3 Å². The number of nitrogens with two attached hydrogens (primary N) is 1. The van der Waals surface area contributed by atoms with Gasteiger partial charge in [0.2, 0.25) is 0 Å². The van der Waals surface area contributed by atoms with Gasteiger partial charge in [-0.1, -0.05) is 13.3 Å². The van der Waals surface area contributed by atoms with Crippen LogP contribution < -0.4 is 11.2 Å². The second-order valence-electron chi connectivity index (χ2n) is 3.23. The van der Waals surface area contributed by atoms with Crippen molar-refractivity contribution in [2.75, 3.05) is 12.8 Å². The largest absolute Gasteiger partial charge is 0.344 e. The van der Waals surface area contributed by atoms with Crippen molar-refractivity contribution < 1.29 is 9.59 Å². The van der Waals surface area contributed by atoms with Gasteiger partial charge >= 0.3 is 12.1 Å². The lowest BCUT2D eigenvalue weighted by molar-refractivity contribution is 0.124. The van der Waals surface area contributed by atoms with Gasteiger partial charge < -0.3 is 5.32 Å². The highest BCUT2D eigenvalue weighted by Crippen LogP contribution is 2.14. The minimum absolute atomic E-state index is 0.366. The smallest absolute Gasteiger partial charge is 0.307 e. The molecule has 1 saturated heterocycles. The Bertz CT molecular complexity index is 261. The van der Waals surface area contributed by atoms with E-state index in [1.54, 1.807) is 6.26 Å². The van der Waals surface area contributed by atoms with Gasteiger partial charge in [-0.2, -0.15) is 0 Å². The van der Waals surface area contributed by atoms with Crippen LogP contribution in [0.15, 0.2) is 0 Å². The summed E-state index contributed by atoms with van der Waals surface area (Å²) in [7, 11) is 0. The van der Waals surface area contributed by atoms with Crippen molar-refractivity contribution in [1.82, 2.24) is 15.2 Å². The molecule has 0 radical (unpaired) electrons. The third kappa shape index (κ3) is 2.54. The Labute approximate surface area is 93.1 Å². The minimum Gasteiger partial charge on any atom is -0.307 e. The number of carbonyl (C=O) groups is 2. The number of hydrazine groups is 1. The molecular formula is C8H16N4O2S. The number of imide groups is 1. The molecule has 1 aliphatic heterocycles. The number of thioether (sulfide) groups is 1. The van der Waals surface area contributed by atoms with Gasteiger partial charge in [0.05, 0.1) is 0 Å². The number of hydrogen-bond donors (Lipinski definition) is 2. The normalized spacial score (nSPS) is 21.9. The van der Waals surface area contributed by atoms with Crippen molar-refractivity contribution in [3.8, 4) is 0 Å². The second-order valence-corrected chi connectivity index (χ2v) is 4.15. The lowest BCUT2D eigenvalue weighted by Gasteiger charge is -2.37. The summed E-state index contributed by atoms with van der Waals surface area (Å²) in [5.74, 6) is 5.56. The molecule has 86 valence electrons. The van der Waals surface area contributed by atoms with Gasteiger partial charge in [0.15, 0.2) is 5.50 Å². The molecule has 1 rings (SSSR count). The first-order valence-electron chi connectivity index (χ1n) is 4.80. The molecule has 0 aliphatic carbocycles. The molecule has 0 aromatic heterocycles. The number of carbonyl (C=O) groups excluding carboxylic acids is 2. The van der Waals surface area contributed by atoms with Crippen molar-refractivity contribution in [2.24, 2.45) is 5.84 Å². The fraction of sp³-hybridized carbons (Fsp3) is 0.750. The third-order valence-corrected chi connectivity index (χ3v) is 2.95. The standard InChI is InChI=1S/C8H16N4O2S/c1-3-4-5-11-6(13)10-7(15-2)12(9)8(11)14/h7H,3-5,9H2,1-2H3,(H,10,13). The first-order valence-corrected chi connectivity index (χ1v) is 6.09. The number of urea groups is 2. The van der Waals surface area contributed by atoms with Gasteiger partial charge in [-0.15, -0.1) is 11.8 Å². The van der Waals surface area contributed by atoms with Crippen LogP contribution in [-0.2, 0) is 0 Å². The molecule has 1 fully saturated rings. The Balaban J connectivity index is 2.66. The molecule has 1 unspecified atom stereocenters. The van der Waals surface area contributed by atoms with E-state index in [1.165, 1.54) is 11.8 Å². The summed E-state index contributed by atoms with van der Waals surface area (Å²) in [5.41, 5.74) is -0.470. The number of nitrogens with one attached hydrogen (secondary N) is 1. The monoisotopic (exact) mass is 232 g/mol.